The first kappa shape index (κ1) is 15.5. The molecule has 0 radical (unpaired) electrons. The van der Waals surface area contributed by atoms with Crippen molar-refractivity contribution in [1.29, 1.82) is 0 Å². The van der Waals surface area contributed by atoms with Gasteiger partial charge in [-0.2, -0.15) is 0 Å². The molecule has 3 N–H and O–H groups in total. The second-order valence-corrected chi connectivity index (χ2v) is 5.03. The zero-order valence-electron chi connectivity index (χ0n) is 11.3. The molecule has 0 spiro atoms. The molecule has 0 bridgehead atoms. The number of carbonyl (C=O) groups excluding carboxylic acids is 1. The van der Waals surface area contributed by atoms with Gasteiger partial charge < -0.3 is 15.8 Å². The first-order chi connectivity index (χ1) is 10.0. The summed E-state index contributed by atoms with van der Waals surface area (Å²) in [6.45, 7) is 2.37. The number of benzene rings is 2. The molecule has 4 nitrogen and oxygen atoms in total. The smallest absolute Gasteiger partial charge is 0.257 e. The van der Waals surface area contributed by atoms with Crippen LogP contribution in [-0.2, 0) is 0 Å². The Balaban J connectivity index is 2.31. The van der Waals surface area contributed by atoms with Gasteiger partial charge in [0.15, 0.2) is 0 Å². The average Bonchev–Trinajstić information content (AvgIpc) is 2.45. The third-order valence-electron chi connectivity index (χ3n) is 2.73. The first-order valence-electron chi connectivity index (χ1n) is 6.30. The maximum Gasteiger partial charge on any atom is 0.257 e. The molecule has 6 heteroatoms. The van der Waals surface area contributed by atoms with Crippen molar-refractivity contribution in [2.45, 2.75) is 6.92 Å². The number of hydrogen-bond donors (Lipinski definition) is 2. The van der Waals surface area contributed by atoms with E-state index in [1.165, 1.54) is 12.1 Å². The predicted octanol–water partition coefficient (Wildman–Crippen LogP) is 4.23. The lowest BCUT2D eigenvalue weighted by molar-refractivity contribution is 0.102. The van der Waals surface area contributed by atoms with Crippen molar-refractivity contribution in [3.63, 3.8) is 0 Å². The van der Waals surface area contributed by atoms with Gasteiger partial charge in [0.2, 0.25) is 0 Å². The van der Waals surface area contributed by atoms with E-state index in [4.69, 9.17) is 33.7 Å². The SMILES string of the molecule is CCOc1ccccc1NC(=O)c1cc(N)cc(Cl)c1Cl. The van der Waals surface area contributed by atoms with E-state index >= 15 is 0 Å². The molecule has 0 aromatic heterocycles. The predicted molar refractivity (Wildman–Crippen MR) is 86.4 cm³/mol. The van der Waals surface area contributed by atoms with Gasteiger partial charge in [-0.25, -0.2) is 0 Å². The summed E-state index contributed by atoms with van der Waals surface area (Å²) >= 11 is 12.0. The minimum atomic E-state index is -0.402. The van der Waals surface area contributed by atoms with Crippen LogP contribution in [-0.4, -0.2) is 12.5 Å². The zero-order chi connectivity index (χ0) is 15.4. The van der Waals surface area contributed by atoms with Crippen LogP contribution in [0.2, 0.25) is 10.0 Å². The minimum absolute atomic E-state index is 0.164. The van der Waals surface area contributed by atoms with Crippen LogP contribution < -0.4 is 15.8 Å². The molecule has 2 aromatic rings. The first-order valence-corrected chi connectivity index (χ1v) is 7.06. The second-order valence-electron chi connectivity index (χ2n) is 4.25. The molecule has 0 aliphatic heterocycles. The summed E-state index contributed by atoms with van der Waals surface area (Å²) in [6.07, 6.45) is 0. The Bertz CT molecular complexity index is 675. The topological polar surface area (TPSA) is 64.3 Å². The van der Waals surface area contributed by atoms with E-state index in [2.05, 4.69) is 5.32 Å². The monoisotopic (exact) mass is 324 g/mol. The maximum atomic E-state index is 12.3. The molecule has 2 aromatic carbocycles. The molecule has 0 atom stereocenters. The van der Waals surface area contributed by atoms with Gasteiger partial charge in [-0.05, 0) is 31.2 Å². The number of amides is 1. The van der Waals surface area contributed by atoms with Gasteiger partial charge in [-0.1, -0.05) is 35.3 Å². The normalized spacial score (nSPS) is 10.2. The molecular weight excluding hydrogens is 311 g/mol. The van der Waals surface area contributed by atoms with Gasteiger partial charge in [0, 0.05) is 5.69 Å². The molecule has 0 saturated carbocycles. The number of rotatable bonds is 4. The maximum absolute atomic E-state index is 12.3. The van der Waals surface area contributed by atoms with E-state index in [0.717, 1.165) is 0 Å². The van der Waals surface area contributed by atoms with Crippen molar-refractivity contribution in [3.8, 4) is 5.75 Å². The summed E-state index contributed by atoms with van der Waals surface area (Å²) in [5.74, 6) is 0.181. The Hall–Kier alpha value is -1.91. The molecule has 1 amide bonds. The van der Waals surface area contributed by atoms with E-state index in [-0.39, 0.29) is 15.6 Å². The van der Waals surface area contributed by atoms with Gasteiger partial charge in [0.1, 0.15) is 5.75 Å². The fraction of sp³-hybridized carbons (Fsp3) is 0.133. The van der Waals surface area contributed by atoms with Crippen molar-refractivity contribution in [2.24, 2.45) is 0 Å². The fourth-order valence-corrected chi connectivity index (χ4v) is 2.24. The van der Waals surface area contributed by atoms with Gasteiger partial charge >= 0.3 is 0 Å². The highest BCUT2D eigenvalue weighted by Gasteiger charge is 2.16. The molecule has 0 aliphatic carbocycles. The Kier molecular flexibility index (Phi) is 4.94. The van der Waals surface area contributed by atoms with E-state index < -0.39 is 5.91 Å². The number of ether oxygens (including phenoxy) is 1. The Morgan fingerprint density at radius 1 is 1.29 bits per heavy atom. The average molecular weight is 325 g/mol. The number of anilines is 2. The molecular formula is C15H14Cl2N2O2. The number of nitrogens with one attached hydrogen (secondary N) is 1. The molecule has 0 saturated heterocycles. The van der Waals surface area contributed by atoms with E-state index in [1.807, 2.05) is 13.0 Å². The summed E-state index contributed by atoms with van der Waals surface area (Å²) < 4.78 is 5.45. The number of halogens is 2. The number of nitrogens with two attached hydrogens (primary N) is 1. The number of nitrogen functional groups attached to an aromatic ring is 1. The Morgan fingerprint density at radius 3 is 2.71 bits per heavy atom. The fourth-order valence-electron chi connectivity index (χ4n) is 1.82. The number of hydrogen-bond acceptors (Lipinski definition) is 3. The van der Waals surface area contributed by atoms with Gasteiger partial charge in [-0.15, -0.1) is 0 Å². The highest BCUT2D eigenvalue weighted by molar-refractivity contribution is 6.44. The van der Waals surface area contributed by atoms with Crippen molar-refractivity contribution < 1.29 is 9.53 Å². The molecule has 0 aliphatic rings. The lowest BCUT2D eigenvalue weighted by Gasteiger charge is -2.12. The van der Waals surface area contributed by atoms with Crippen molar-refractivity contribution in [3.05, 3.63) is 52.0 Å². The van der Waals surface area contributed by atoms with Crippen LogP contribution in [0.5, 0.6) is 5.75 Å². The number of carbonyl (C=O) groups is 1. The summed E-state index contributed by atoms with van der Waals surface area (Å²) in [5.41, 5.74) is 6.83. The summed E-state index contributed by atoms with van der Waals surface area (Å²) in [5, 5.41) is 3.14. The van der Waals surface area contributed by atoms with Gasteiger partial charge in [0.05, 0.1) is 27.9 Å². The van der Waals surface area contributed by atoms with Crippen molar-refractivity contribution in [1.82, 2.24) is 0 Å². The highest BCUT2D eigenvalue weighted by Crippen LogP contribution is 2.30. The van der Waals surface area contributed by atoms with Crippen molar-refractivity contribution >= 4 is 40.5 Å². The van der Waals surface area contributed by atoms with Crippen LogP contribution >= 0.6 is 23.2 Å². The van der Waals surface area contributed by atoms with Crippen LogP contribution in [0.1, 0.15) is 17.3 Å². The quantitative estimate of drug-likeness (QED) is 0.827. The van der Waals surface area contributed by atoms with E-state index in [0.29, 0.717) is 23.7 Å². The van der Waals surface area contributed by atoms with E-state index in [9.17, 15) is 4.79 Å². The lowest BCUT2D eigenvalue weighted by atomic mass is 10.1. The summed E-state index contributed by atoms with van der Waals surface area (Å²) in [6, 6.07) is 10.1. The van der Waals surface area contributed by atoms with Crippen LogP contribution in [0.25, 0.3) is 0 Å². The molecule has 21 heavy (non-hydrogen) atoms. The van der Waals surface area contributed by atoms with Gasteiger partial charge in [-0.3, -0.25) is 4.79 Å². The molecule has 0 fully saturated rings. The van der Waals surface area contributed by atoms with Crippen LogP contribution in [0.3, 0.4) is 0 Å². The van der Waals surface area contributed by atoms with Crippen molar-refractivity contribution in [2.75, 3.05) is 17.7 Å². The van der Waals surface area contributed by atoms with Crippen LogP contribution in [0, 0.1) is 0 Å². The van der Waals surface area contributed by atoms with Gasteiger partial charge in [0.25, 0.3) is 5.91 Å². The standard InChI is InChI=1S/C15H14Cl2N2O2/c1-2-21-13-6-4-3-5-12(13)19-15(20)10-7-9(18)8-11(16)14(10)17/h3-8H,2,18H2,1H3,(H,19,20). The van der Waals surface area contributed by atoms with Crippen LogP contribution in [0.15, 0.2) is 36.4 Å². The molecule has 110 valence electrons. The molecule has 0 heterocycles. The lowest BCUT2D eigenvalue weighted by Crippen LogP contribution is -2.14. The second kappa shape index (κ2) is 6.70. The largest absolute Gasteiger partial charge is 0.492 e. The third kappa shape index (κ3) is 3.60. The number of para-hydroxylation sites is 2. The summed E-state index contributed by atoms with van der Waals surface area (Å²) in [7, 11) is 0. The highest BCUT2D eigenvalue weighted by atomic mass is 35.5. The Morgan fingerprint density at radius 2 is 2.00 bits per heavy atom. The zero-order valence-corrected chi connectivity index (χ0v) is 12.8. The minimum Gasteiger partial charge on any atom is -0.492 e. The Labute approximate surface area is 132 Å². The molecule has 2 rings (SSSR count). The van der Waals surface area contributed by atoms with Crippen LogP contribution in [0.4, 0.5) is 11.4 Å². The van der Waals surface area contributed by atoms with E-state index in [1.54, 1.807) is 18.2 Å². The summed E-state index contributed by atoms with van der Waals surface area (Å²) in [4.78, 5) is 12.3. The third-order valence-corrected chi connectivity index (χ3v) is 3.53. The molecule has 0 unspecified atom stereocenters.